The Kier molecular flexibility index (Phi) is 6.07. The zero-order valence-electron chi connectivity index (χ0n) is 15.4. The third kappa shape index (κ3) is 4.52. The first-order chi connectivity index (χ1) is 12.7. The first-order valence-electron chi connectivity index (χ1n) is 9.17. The Morgan fingerprint density at radius 1 is 1.08 bits per heavy atom. The van der Waals surface area contributed by atoms with Crippen molar-refractivity contribution in [3.05, 3.63) is 48.3 Å². The number of nitrogens with one attached hydrogen (secondary N) is 1. The maximum absolute atomic E-state index is 12.7. The largest absolute Gasteiger partial charge is 0.494 e. The highest BCUT2D eigenvalue weighted by atomic mass is 16.5. The van der Waals surface area contributed by atoms with Crippen LogP contribution in [0.5, 0.6) is 5.75 Å². The van der Waals surface area contributed by atoms with Crippen molar-refractivity contribution in [3.8, 4) is 5.75 Å². The normalized spacial score (nSPS) is 14.9. The van der Waals surface area contributed by atoms with E-state index in [0.29, 0.717) is 12.3 Å². The minimum atomic E-state index is -0.00361. The summed E-state index contributed by atoms with van der Waals surface area (Å²) in [5, 5.41) is 3.31. The van der Waals surface area contributed by atoms with Crippen LogP contribution < -0.4 is 10.1 Å². The van der Waals surface area contributed by atoms with Crippen LogP contribution >= 0.6 is 0 Å². The summed E-state index contributed by atoms with van der Waals surface area (Å²) in [6.45, 7) is 9.14. The number of amides is 1. The predicted molar refractivity (Wildman–Crippen MR) is 103 cm³/mol. The van der Waals surface area contributed by atoms with Gasteiger partial charge in [-0.1, -0.05) is 6.92 Å². The molecule has 6 nitrogen and oxygen atoms in total. The minimum absolute atomic E-state index is 0.00361. The summed E-state index contributed by atoms with van der Waals surface area (Å²) >= 11 is 0. The van der Waals surface area contributed by atoms with Gasteiger partial charge in [-0.2, -0.15) is 0 Å². The lowest BCUT2D eigenvalue weighted by molar-refractivity contribution is 0.0637. The zero-order valence-corrected chi connectivity index (χ0v) is 15.4. The molecular formula is C20H26N4O2. The van der Waals surface area contributed by atoms with E-state index < -0.39 is 0 Å². The molecule has 6 heteroatoms. The number of nitrogens with zero attached hydrogens (tertiary/aromatic N) is 3. The fourth-order valence-electron chi connectivity index (χ4n) is 3.02. The van der Waals surface area contributed by atoms with Crippen molar-refractivity contribution >= 4 is 17.3 Å². The Morgan fingerprint density at radius 2 is 1.81 bits per heavy atom. The van der Waals surface area contributed by atoms with Crippen molar-refractivity contribution in [1.82, 2.24) is 14.8 Å². The molecule has 0 saturated carbocycles. The van der Waals surface area contributed by atoms with Gasteiger partial charge in [-0.15, -0.1) is 0 Å². The van der Waals surface area contributed by atoms with E-state index >= 15 is 0 Å². The molecule has 138 valence electrons. The average molecular weight is 354 g/mol. The molecule has 2 aromatic rings. The molecule has 1 aromatic heterocycles. The lowest BCUT2D eigenvalue weighted by Gasteiger charge is -2.33. The molecule has 0 spiro atoms. The summed E-state index contributed by atoms with van der Waals surface area (Å²) < 4.78 is 5.45. The Hall–Kier alpha value is -2.60. The highest BCUT2D eigenvalue weighted by molar-refractivity contribution is 5.93. The standard InChI is InChI=1S/C20H26N4O2/c1-3-23-11-13-24(14-12-23)20(25)19-15-17(9-10-21-19)22-16-5-7-18(8-6-16)26-4-2/h5-10,15H,3-4,11-14H2,1-2H3,(H,21,22). The van der Waals surface area contributed by atoms with E-state index in [9.17, 15) is 4.79 Å². The van der Waals surface area contributed by atoms with Gasteiger partial charge in [0.25, 0.3) is 5.91 Å². The molecule has 1 aliphatic rings. The van der Waals surface area contributed by atoms with Crippen molar-refractivity contribution in [1.29, 1.82) is 0 Å². The van der Waals surface area contributed by atoms with Crippen molar-refractivity contribution < 1.29 is 9.53 Å². The predicted octanol–water partition coefficient (Wildman–Crippen LogP) is 3.00. The summed E-state index contributed by atoms with van der Waals surface area (Å²) in [5.41, 5.74) is 2.26. The Morgan fingerprint density at radius 3 is 2.46 bits per heavy atom. The number of piperazine rings is 1. The summed E-state index contributed by atoms with van der Waals surface area (Å²) in [6, 6.07) is 11.4. The van der Waals surface area contributed by atoms with E-state index in [1.807, 2.05) is 48.2 Å². The molecule has 1 amide bonds. The third-order valence-electron chi connectivity index (χ3n) is 4.54. The minimum Gasteiger partial charge on any atom is -0.494 e. The molecule has 1 N–H and O–H groups in total. The molecule has 1 aliphatic heterocycles. The lowest BCUT2D eigenvalue weighted by Crippen LogP contribution is -2.48. The van der Waals surface area contributed by atoms with Gasteiger partial charge in [0, 0.05) is 43.8 Å². The van der Waals surface area contributed by atoms with Crippen LogP contribution in [0.15, 0.2) is 42.6 Å². The van der Waals surface area contributed by atoms with Gasteiger partial charge in [0.2, 0.25) is 0 Å². The summed E-state index contributed by atoms with van der Waals surface area (Å²) in [7, 11) is 0. The first kappa shape index (κ1) is 18.2. The average Bonchev–Trinajstić information content (AvgIpc) is 2.69. The number of hydrogen-bond acceptors (Lipinski definition) is 5. The van der Waals surface area contributed by atoms with Crippen LogP contribution in [0.25, 0.3) is 0 Å². The molecule has 1 aromatic carbocycles. The number of benzene rings is 1. The van der Waals surface area contributed by atoms with Gasteiger partial charge in [0.1, 0.15) is 11.4 Å². The zero-order chi connectivity index (χ0) is 18.4. The number of hydrogen-bond donors (Lipinski definition) is 1. The molecule has 0 unspecified atom stereocenters. The number of rotatable bonds is 6. The SMILES string of the molecule is CCOc1ccc(Nc2ccnc(C(=O)N3CCN(CC)CC3)c2)cc1. The smallest absolute Gasteiger partial charge is 0.272 e. The number of aromatic nitrogens is 1. The second kappa shape index (κ2) is 8.67. The molecule has 26 heavy (non-hydrogen) atoms. The van der Waals surface area contributed by atoms with Crippen LogP contribution in [0.2, 0.25) is 0 Å². The molecule has 0 bridgehead atoms. The fourth-order valence-corrected chi connectivity index (χ4v) is 3.02. The summed E-state index contributed by atoms with van der Waals surface area (Å²) in [4.78, 5) is 21.2. The topological polar surface area (TPSA) is 57.7 Å². The van der Waals surface area contributed by atoms with E-state index in [0.717, 1.165) is 49.8 Å². The van der Waals surface area contributed by atoms with E-state index in [4.69, 9.17) is 4.74 Å². The third-order valence-corrected chi connectivity index (χ3v) is 4.54. The number of anilines is 2. The van der Waals surface area contributed by atoms with Crippen molar-refractivity contribution in [2.24, 2.45) is 0 Å². The van der Waals surface area contributed by atoms with Crippen LogP contribution in [0, 0.1) is 0 Å². The van der Waals surface area contributed by atoms with Crippen LogP contribution in [-0.4, -0.2) is 60.0 Å². The lowest BCUT2D eigenvalue weighted by atomic mass is 10.2. The highest BCUT2D eigenvalue weighted by Gasteiger charge is 2.22. The van der Waals surface area contributed by atoms with Crippen molar-refractivity contribution in [2.75, 3.05) is 44.6 Å². The Balaban J connectivity index is 1.65. The monoisotopic (exact) mass is 354 g/mol. The first-order valence-corrected chi connectivity index (χ1v) is 9.17. The molecule has 2 heterocycles. The molecule has 0 radical (unpaired) electrons. The summed E-state index contributed by atoms with van der Waals surface area (Å²) in [6.07, 6.45) is 1.67. The maximum atomic E-state index is 12.7. The van der Waals surface area contributed by atoms with E-state index in [2.05, 4.69) is 22.1 Å². The van der Waals surface area contributed by atoms with Gasteiger partial charge in [-0.3, -0.25) is 9.78 Å². The molecular weight excluding hydrogens is 328 g/mol. The number of carbonyl (C=O) groups is 1. The van der Waals surface area contributed by atoms with Gasteiger partial charge >= 0.3 is 0 Å². The molecule has 1 saturated heterocycles. The van der Waals surface area contributed by atoms with Gasteiger partial charge < -0.3 is 19.9 Å². The number of ether oxygens (including phenoxy) is 1. The van der Waals surface area contributed by atoms with Gasteiger partial charge in [-0.05, 0) is 49.9 Å². The Labute approximate surface area is 154 Å². The fraction of sp³-hybridized carbons (Fsp3) is 0.400. The quantitative estimate of drug-likeness (QED) is 0.864. The van der Waals surface area contributed by atoms with Gasteiger partial charge in [-0.25, -0.2) is 0 Å². The van der Waals surface area contributed by atoms with Crippen LogP contribution in [0.1, 0.15) is 24.3 Å². The van der Waals surface area contributed by atoms with Gasteiger partial charge in [0.05, 0.1) is 6.61 Å². The number of carbonyl (C=O) groups excluding carboxylic acids is 1. The van der Waals surface area contributed by atoms with E-state index in [1.54, 1.807) is 6.20 Å². The van der Waals surface area contributed by atoms with Crippen LogP contribution in [0.3, 0.4) is 0 Å². The van der Waals surface area contributed by atoms with Gasteiger partial charge in [0.15, 0.2) is 0 Å². The molecule has 0 atom stereocenters. The highest BCUT2D eigenvalue weighted by Crippen LogP contribution is 2.21. The molecule has 0 aliphatic carbocycles. The second-order valence-electron chi connectivity index (χ2n) is 6.24. The van der Waals surface area contributed by atoms with Crippen molar-refractivity contribution in [3.63, 3.8) is 0 Å². The summed E-state index contributed by atoms with van der Waals surface area (Å²) in [5.74, 6) is 0.839. The molecule has 3 rings (SSSR count). The number of likely N-dealkylation sites (N-methyl/N-ethyl adjacent to an activating group) is 1. The van der Waals surface area contributed by atoms with Crippen LogP contribution in [-0.2, 0) is 0 Å². The number of pyridine rings is 1. The molecule has 1 fully saturated rings. The second-order valence-corrected chi connectivity index (χ2v) is 6.24. The van der Waals surface area contributed by atoms with E-state index in [-0.39, 0.29) is 5.91 Å². The van der Waals surface area contributed by atoms with E-state index in [1.165, 1.54) is 0 Å². The van der Waals surface area contributed by atoms with Crippen molar-refractivity contribution in [2.45, 2.75) is 13.8 Å². The Bertz CT molecular complexity index is 725. The van der Waals surface area contributed by atoms with Crippen LogP contribution in [0.4, 0.5) is 11.4 Å². The maximum Gasteiger partial charge on any atom is 0.272 e.